The van der Waals surface area contributed by atoms with Gasteiger partial charge in [0.05, 0.1) is 0 Å². The second kappa shape index (κ2) is 6.26. The molecule has 3 rings (SSSR count). The van der Waals surface area contributed by atoms with E-state index in [1.54, 1.807) is 0 Å². The van der Waals surface area contributed by atoms with Gasteiger partial charge in [-0.1, -0.05) is 34.1 Å². The van der Waals surface area contributed by atoms with Crippen LogP contribution < -0.4 is 5.32 Å². The Morgan fingerprint density at radius 3 is 2.77 bits per heavy atom. The zero-order valence-corrected chi connectivity index (χ0v) is 14.4. The van der Waals surface area contributed by atoms with Crippen molar-refractivity contribution in [2.45, 2.75) is 13.0 Å². The van der Waals surface area contributed by atoms with E-state index in [0.717, 1.165) is 41.1 Å². The van der Waals surface area contributed by atoms with E-state index < -0.39 is 0 Å². The molecule has 0 radical (unpaired) electrons. The number of carbonyl (C=O) groups excluding carboxylic acids is 1. The van der Waals surface area contributed by atoms with Crippen LogP contribution in [0, 0.1) is 0 Å². The molecule has 1 atom stereocenters. The summed E-state index contributed by atoms with van der Waals surface area (Å²) in [6, 6.07) is 12.2. The number of carbonyl (C=O) groups is 1. The minimum atomic E-state index is 0.106. The van der Waals surface area contributed by atoms with E-state index in [0.29, 0.717) is 0 Å². The third kappa shape index (κ3) is 2.71. The Balaban J connectivity index is 1.94. The largest absolute Gasteiger partial charge is 0.340 e. The SMILES string of the molecule is C[C@@H]1CNCCN1C(=O)c1ccc(-c2ccccc2Br)n1C. The predicted octanol–water partition coefficient (Wildman–Crippen LogP) is 2.89. The summed E-state index contributed by atoms with van der Waals surface area (Å²) in [5.74, 6) is 0.106. The standard InChI is InChI=1S/C17H20BrN3O/c1-12-11-19-9-10-21(12)17(22)16-8-7-15(20(16)2)13-5-3-4-6-14(13)18/h3-8,12,19H,9-11H2,1-2H3/t12-/m1/s1. The van der Waals surface area contributed by atoms with Crippen molar-refractivity contribution in [3.8, 4) is 11.3 Å². The summed E-state index contributed by atoms with van der Waals surface area (Å²) in [7, 11) is 1.95. The van der Waals surface area contributed by atoms with Gasteiger partial charge in [0.2, 0.25) is 0 Å². The van der Waals surface area contributed by atoms with Gasteiger partial charge in [-0.15, -0.1) is 0 Å². The summed E-state index contributed by atoms with van der Waals surface area (Å²) < 4.78 is 3.02. The molecule has 0 bridgehead atoms. The van der Waals surface area contributed by atoms with Crippen LogP contribution in [-0.4, -0.2) is 41.1 Å². The van der Waals surface area contributed by atoms with E-state index >= 15 is 0 Å². The van der Waals surface area contributed by atoms with E-state index in [1.807, 2.05) is 46.8 Å². The van der Waals surface area contributed by atoms with Gasteiger partial charge in [-0.05, 0) is 25.1 Å². The van der Waals surface area contributed by atoms with Crippen LogP contribution in [0.1, 0.15) is 17.4 Å². The summed E-state index contributed by atoms with van der Waals surface area (Å²) in [5.41, 5.74) is 2.87. The van der Waals surface area contributed by atoms with Gasteiger partial charge in [-0.25, -0.2) is 0 Å². The van der Waals surface area contributed by atoms with E-state index in [-0.39, 0.29) is 11.9 Å². The van der Waals surface area contributed by atoms with Crippen molar-refractivity contribution in [1.82, 2.24) is 14.8 Å². The highest BCUT2D eigenvalue weighted by Gasteiger charge is 2.26. The fraction of sp³-hybridized carbons (Fsp3) is 0.353. The van der Waals surface area contributed by atoms with Crippen LogP contribution in [0.3, 0.4) is 0 Å². The Bertz CT molecular complexity index is 695. The number of benzene rings is 1. The molecule has 22 heavy (non-hydrogen) atoms. The summed E-state index contributed by atoms with van der Waals surface area (Å²) in [6.07, 6.45) is 0. The second-order valence-corrected chi connectivity index (χ2v) is 6.55. The van der Waals surface area contributed by atoms with Crippen LogP contribution in [0.25, 0.3) is 11.3 Å². The molecule has 1 fully saturated rings. The molecule has 1 aromatic heterocycles. The molecule has 0 aliphatic carbocycles. The van der Waals surface area contributed by atoms with Crippen molar-refractivity contribution in [2.24, 2.45) is 7.05 Å². The van der Waals surface area contributed by atoms with Crippen molar-refractivity contribution >= 4 is 21.8 Å². The summed E-state index contributed by atoms with van der Waals surface area (Å²) in [4.78, 5) is 14.8. The van der Waals surface area contributed by atoms with Crippen LogP contribution in [0.4, 0.5) is 0 Å². The van der Waals surface area contributed by atoms with Gasteiger partial charge in [-0.2, -0.15) is 0 Å². The number of rotatable bonds is 2. The maximum absolute atomic E-state index is 12.8. The maximum Gasteiger partial charge on any atom is 0.270 e. The number of hydrogen-bond donors (Lipinski definition) is 1. The molecule has 1 aromatic carbocycles. The van der Waals surface area contributed by atoms with Gasteiger partial charge in [0.15, 0.2) is 0 Å². The van der Waals surface area contributed by atoms with Crippen LogP contribution in [-0.2, 0) is 7.05 Å². The lowest BCUT2D eigenvalue weighted by molar-refractivity contribution is 0.0646. The third-order valence-corrected chi connectivity index (χ3v) is 4.94. The average Bonchev–Trinajstić information content (AvgIpc) is 2.89. The first-order valence-corrected chi connectivity index (χ1v) is 8.31. The first-order valence-electron chi connectivity index (χ1n) is 7.52. The Morgan fingerprint density at radius 1 is 1.27 bits per heavy atom. The number of nitrogens with one attached hydrogen (secondary N) is 1. The van der Waals surface area contributed by atoms with Gasteiger partial charge < -0.3 is 14.8 Å². The molecule has 2 heterocycles. The molecular weight excluding hydrogens is 342 g/mol. The second-order valence-electron chi connectivity index (χ2n) is 5.69. The Morgan fingerprint density at radius 2 is 2.05 bits per heavy atom. The minimum absolute atomic E-state index is 0.106. The molecule has 1 saturated heterocycles. The number of halogens is 1. The van der Waals surface area contributed by atoms with E-state index in [9.17, 15) is 4.79 Å². The third-order valence-electron chi connectivity index (χ3n) is 4.25. The van der Waals surface area contributed by atoms with Crippen molar-refractivity contribution < 1.29 is 4.79 Å². The van der Waals surface area contributed by atoms with E-state index in [1.165, 1.54) is 0 Å². The molecule has 0 unspecified atom stereocenters. The first kappa shape index (κ1) is 15.3. The lowest BCUT2D eigenvalue weighted by atomic mass is 10.1. The normalized spacial score (nSPS) is 18.5. The Hall–Kier alpha value is -1.59. The molecule has 0 spiro atoms. The lowest BCUT2D eigenvalue weighted by Crippen LogP contribution is -2.52. The summed E-state index contributed by atoms with van der Waals surface area (Å²) in [5, 5.41) is 3.32. The van der Waals surface area contributed by atoms with Crippen LogP contribution >= 0.6 is 15.9 Å². The number of piperazine rings is 1. The fourth-order valence-corrected chi connectivity index (χ4v) is 3.44. The molecule has 5 heteroatoms. The molecule has 4 nitrogen and oxygen atoms in total. The minimum Gasteiger partial charge on any atom is -0.340 e. The average molecular weight is 362 g/mol. The molecule has 1 aliphatic heterocycles. The highest BCUT2D eigenvalue weighted by Crippen LogP contribution is 2.29. The van der Waals surface area contributed by atoms with Gasteiger partial charge in [0.25, 0.3) is 5.91 Å². The molecule has 1 aliphatic rings. The highest BCUT2D eigenvalue weighted by atomic mass is 79.9. The van der Waals surface area contributed by atoms with E-state index in [2.05, 4.69) is 34.2 Å². The topological polar surface area (TPSA) is 37.3 Å². The van der Waals surface area contributed by atoms with Crippen LogP contribution in [0.5, 0.6) is 0 Å². The molecule has 1 N–H and O–H groups in total. The summed E-state index contributed by atoms with van der Waals surface area (Å²) in [6.45, 7) is 4.56. The summed E-state index contributed by atoms with van der Waals surface area (Å²) >= 11 is 3.58. The van der Waals surface area contributed by atoms with Crippen molar-refractivity contribution in [3.05, 3.63) is 46.6 Å². The molecular formula is C17H20BrN3O. The smallest absolute Gasteiger partial charge is 0.270 e. The number of aromatic nitrogens is 1. The van der Waals surface area contributed by atoms with Crippen molar-refractivity contribution in [3.63, 3.8) is 0 Å². The Labute approximate surface area is 139 Å². The van der Waals surface area contributed by atoms with Gasteiger partial charge in [0.1, 0.15) is 5.69 Å². The van der Waals surface area contributed by atoms with E-state index in [4.69, 9.17) is 0 Å². The van der Waals surface area contributed by atoms with Gasteiger partial charge in [-0.3, -0.25) is 4.79 Å². The lowest BCUT2D eigenvalue weighted by Gasteiger charge is -2.34. The van der Waals surface area contributed by atoms with Crippen LogP contribution in [0.2, 0.25) is 0 Å². The zero-order chi connectivity index (χ0) is 15.7. The van der Waals surface area contributed by atoms with Gasteiger partial charge >= 0.3 is 0 Å². The molecule has 2 aromatic rings. The molecule has 0 saturated carbocycles. The number of hydrogen-bond acceptors (Lipinski definition) is 2. The monoisotopic (exact) mass is 361 g/mol. The molecule has 1 amide bonds. The van der Waals surface area contributed by atoms with Crippen molar-refractivity contribution in [2.75, 3.05) is 19.6 Å². The molecule has 116 valence electrons. The van der Waals surface area contributed by atoms with Crippen LogP contribution in [0.15, 0.2) is 40.9 Å². The van der Waals surface area contributed by atoms with Gasteiger partial charge in [0, 0.05) is 48.5 Å². The first-order chi connectivity index (χ1) is 10.6. The number of nitrogens with zero attached hydrogens (tertiary/aromatic N) is 2. The predicted molar refractivity (Wildman–Crippen MR) is 91.9 cm³/mol. The fourth-order valence-electron chi connectivity index (χ4n) is 2.96. The number of amides is 1. The quantitative estimate of drug-likeness (QED) is 0.892. The van der Waals surface area contributed by atoms with Crippen molar-refractivity contribution in [1.29, 1.82) is 0 Å². The zero-order valence-electron chi connectivity index (χ0n) is 12.8. The maximum atomic E-state index is 12.8. The highest BCUT2D eigenvalue weighted by molar-refractivity contribution is 9.10. The Kier molecular flexibility index (Phi) is 4.36.